The number of nitrogens with one attached hydrogen (secondary N) is 1. The van der Waals surface area contributed by atoms with Crippen molar-refractivity contribution in [1.82, 2.24) is 4.98 Å². The van der Waals surface area contributed by atoms with Crippen molar-refractivity contribution >= 4 is 28.2 Å². The number of hydrogen-bond acceptors (Lipinski definition) is 5. The van der Waals surface area contributed by atoms with Gasteiger partial charge in [-0.15, -0.1) is 0 Å². The lowest BCUT2D eigenvalue weighted by atomic mass is 10.1. The molecule has 0 spiro atoms. The summed E-state index contributed by atoms with van der Waals surface area (Å²) >= 11 is 0. The van der Waals surface area contributed by atoms with Crippen LogP contribution in [0.15, 0.2) is 24.4 Å². The molecule has 2 aromatic rings. The van der Waals surface area contributed by atoms with E-state index < -0.39 is 24.4 Å². The van der Waals surface area contributed by atoms with Gasteiger partial charge in [0.05, 0.1) is 12.0 Å². The molecular weight excluding hydrogens is 253 g/mol. The van der Waals surface area contributed by atoms with Gasteiger partial charge in [-0.3, -0.25) is 0 Å². The molecule has 0 fully saturated rings. The summed E-state index contributed by atoms with van der Waals surface area (Å²) in [5, 5.41) is 20.9. The molecule has 1 heterocycles. The second-order valence-electron chi connectivity index (χ2n) is 3.94. The molecule has 1 aromatic heterocycles. The molecule has 7 heteroatoms. The summed E-state index contributed by atoms with van der Waals surface area (Å²) in [5.41, 5.74) is 6.03. The van der Waals surface area contributed by atoms with E-state index in [1.807, 2.05) is 0 Å². The molecule has 1 aromatic carbocycles. The van der Waals surface area contributed by atoms with Gasteiger partial charge in [-0.2, -0.15) is 0 Å². The fraction of sp³-hybridized carbons (Fsp3) is 0.167. The number of nitrogens with two attached hydrogens (primary N) is 1. The maximum atomic E-state index is 13.6. The van der Waals surface area contributed by atoms with Gasteiger partial charge in [0.15, 0.2) is 0 Å². The van der Waals surface area contributed by atoms with Crippen LogP contribution < -0.4 is 11.1 Å². The third kappa shape index (κ3) is 2.41. The summed E-state index contributed by atoms with van der Waals surface area (Å²) in [4.78, 5) is 14.8. The van der Waals surface area contributed by atoms with Crippen LogP contribution >= 0.6 is 0 Å². The number of aliphatic hydroxyl groups is 1. The highest BCUT2D eigenvalue weighted by Crippen LogP contribution is 2.29. The van der Waals surface area contributed by atoms with Crippen LogP contribution in [0.25, 0.3) is 10.8 Å². The van der Waals surface area contributed by atoms with Crippen LogP contribution in [-0.4, -0.2) is 33.8 Å². The number of aromatic nitrogens is 1. The highest BCUT2D eigenvalue weighted by Gasteiger charge is 2.18. The van der Waals surface area contributed by atoms with Crippen LogP contribution in [0.5, 0.6) is 0 Å². The predicted molar refractivity (Wildman–Crippen MR) is 68.2 cm³/mol. The first-order valence-corrected chi connectivity index (χ1v) is 5.47. The van der Waals surface area contributed by atoms with Gasteiger partial charge >= 0.3 is 5.97 Å². The molecule has 0 aliphatic carbocycles. The lowest BCUT2D eigenvalue weighted by Crippen LogP contribution is -2.33. The number of hydrogen-bond donors (Lipinski definition) is 4. The Bertz CT molecular complexity index is 633. The molecule has 0 saturated carbocycles. The van der Waals surface area contributed by atoms with E-state index in [4.69, 9.17) is 15.9 Å². The lowest BCUT2D eigenvalue weighted by Gasteiger charge is -2.15. The first-order chi connectivity index (χ1) is 9.04. The van der Waals surface area contributed by atoms with Crippen LogP contribution in [-0.2, 0) is 4.79 Å². The molecule has 19 heavy (non-hydrogen) atoms. The van der Waals surface area contributed by atoms with Crippen molar-refractivity contribution in [3.8, 4) is 0 Å². The first kappa shape index (κ1) is 13.0. The van der Waals surface area contributed by atoms with Crippen molar-refractivity contribution in [2.45, 2.75) is 6.04 Å². The SMILES string of the molecule is Nc1ccc(F)c2ccnc(NC(CO)C(=O)O)c12. The summed E-state index contributed by atoms with van der Waals surface area (Å²) in [5.74, 6) is -1.60. The summed E-state index contributed by atoms with van der Waals surface area (Å²) in [6.07, 6.45) is 1.34. The fourth-order valence-corrected chi connectivity index (χ4v) is 1.75. The van der Waals surface area contributed by atoms with Gasteiger partial charge in [-0.05, 0) is 18.2 Å². The molecule has 6 nitrogen and oxygen atoms in total. The Balaban J connectivity index is 2.55. The maximum Gasteiger partial charge on any atom is 0.328 e. The minimum absolute atomic E-state index is 0.121. The Kier molecular flexibility index (Phi) is 3.48. The van der Waals surface area contributed by atoms with Crippen molar-refractivity contribution in [2.75, 3.05) is 17.7 Å². The average molecular weight is 265 g/mol. The molecule has 1 unspecified atom stereocenters. The molecule has 2 rings (SSSR count). The van der Waals surface area contributed by atoms with E-state index in [2.05, 4.69) is 10.3 Å². The maximum absolute atomic E-state index is 13.6. The normalized spacial score (nSPS) is 12.3. The van der Waals surface area contributed by atoms with Crippen molar-refractivity contribution in [3.63, 3.8) is 0 Å². The Labute approximate surface area is 107 Å². The van der Waals surface area contributed by atoms with E-state index in [9.17, 15) is 9.18 Å². The summed E-state index contributed by atoms with van der Waals surface area (Å²) in [7, 11) is 0. The molecule has 1 atom stereocenters. The minimum atomic E-state index is -1.24. The Morgan fingerprint density at radius 1 is 1.47 bits per heavy atom. The number of carboxylic acid groups (broad SMARTS) is 1. The number of halogens is 1. The topological polar surface area (TPSA) is 108 Å². The largest absolute Gasteiger partial charge is 0.480 e. The quantitative estimate of drug-likeness (QED) is 0.609. The molecule has 5 N–H and O–H groups in total. The van der Waals surface area contributed by atoms with Crippen molar-refractivity contribution in [2.24, 2.45) is 0 Å². The number of aliphatic hydroxyl groups excluding tert-OH is 1. The smallest absolute Gasteiger partial charge is 0.328 e. The highest BCUT2D eigenvalue weighted by molar-refractivity contribution is 6.01. The van der Waals surface area contributed by atoms with Crippen LogP contribution in [0, 0.1) is 5.82 Å². The number of carbonyl (C=O) groups is 1. The third-order valence-electron chi connectivity index (χ3n) is 2.70. The number of anilines is 2. The summed E-state index contributed by atoms with van der Waals surface area (Å²) in [6.45, 7) is -0.622. The Morgan fingerprint density at radius 2 is 2.21 bits per heavy atom. The molecule has 0 aliphatic heterocycles. The van der Waals surface area contributed by atoms with Crippen LogP contribution in [0.1, 0.15) is 0 Å². The Hall–Kier alpha value is -2.41. The van der Waals surface area contributed by atoms with Gasteiger partial charge in [-0.25, -0.2) is 14.2 Å². The summed E-state index contributed by atoms with van der Waals surface area (Å²) < 4.78 is 13.6. The molecular formula is C12H12FN3O3. The van der Waals surface area contributed by atoms with E-state index in [0.29, 0.717) is 5.39 Å². The molecule has 0 radical (unpaired) electrons. The zero-order chi connectivity index (χ0) is 14.0. The Morgan fingerprint density at radius 3 is 2.84 bits per heavy atom. The van der Waals surface area contributed by atoms with E-state index in [0.717, 1.165) is 0 Å². The standard InChI is InChI=1S/C12H12FN3O3/c13-7-1-2-8(14)10-6(7)3-4-15-11(10)16-9(5-17)12(18)19/h1-4,9,17H,5,14H2,(H,15,16)(H,18,19). The number of fused-ring (bicyclic) bond motifs is 1. The third-order valence-corrected chi connectivity index (χ3v) is 2.70. The van der Waals surface area contributed by atoms with E-state index in [1.54, 1.807) is 0 Å². The van der Waals surface area contributed by atoms with Crippen molar-refractivity contribution in [1.29, 1.82) is 0 Å². The number of carboxylic acids is 1. The number of nitrogen functional groups attached to an aromatic ring is 1. The van der Waals surface area contributed by atoms with Gasteiger partial charge in [0.25, 0.3) is 0 Å². The van der Waals surface area contributed by atoms with Crippen LogP contribution in [0.2, 0.25) is 0 Å². The van der Waals surface area contributed by atoms with Gasteiger partial charge in [0.2, 0.25) is 0 Å². The lowest BCUT2D eigenvalue weighted by molar-refractivity contribution is -0.138. The number of rotatable bonds is 4. The zero-order valence-electron chi connectivity index (χ0n) is 9.80. The van der Waals surface area contributed by atoms with Gasteiger partial charge in [0.1, 0.15) is 17.7 Å². The average Bonchev–Trinajstić information content (AvgIpc) is 2.40. The highest BCUT2D eigenvalue weighted by atomic mass is 19.1. The number of benzene rings is 1. The second kappa shape index (κ2) is 5.07. The molecule has 100 valence electrons. The van der Waals surface area contributed by atoms with E-state index in [-0.39, 0.29) is 16.9 Å². The van der Waals surface area contributed by atoms with Crippen molar-refractivity contribution in [3.05, 3.63) is 30.2 Å². The van der Waals surface area contributed by atoms with E-state index in [1.165, 1.54) is 24.4 Å². The van der Waals surface area contributed by atoms with Gasteiger partial charge in [-0.1, -0.05) is 0 Å². The van der Waals surface area contributed by atoms with Crippen molar-refractivity contribution < 1.29 is 19.4 Å². The van der Waals surface area contributed by atoms with Gasteiger partial charge in [0, 0.05) is 17.3 Å². The molecule has 0 aliphatic rings. The molecule has 0 amide bonds. The minimum Gasteiger partial charge on any atom is -0.480 e. The predicted octanol–water partition coefficient (Wildman–Crippen LogP) is 0.814. The second-order valence-corrected chi connectivity index (χ2v) is 3.94. The number of aliphatic carboxylic acids is 1. The number of pyridine rings is 1. The van der Waals surface area contributed by atoms with Crippen LogP contribution in [0.3, 0.4) is 0 Å². The van der Waals surface area contributed by atoms with Crippen LogP contribution in [0.4, 0.5) is 15.9 Å². The fourth-order valence-electron chi connectivity index (χ4n) is 1.75. The molecule has 0 bridgehead atoms. The van der Waals surface area contributed by atoms with Gasteiger partial charge < -0.3 is 21.3 Å². The van der Waals surface area contributed by atoms with E-state index >= 15 is 0 Å². The monoisotopic (exact) mass is 265 g/mol. The number of nitrogens with zero attached hydrogens (tertiary/aromatic N) is 1. The summed E-state index contributed by atoms with van der Waals surface area (Å²) in [6, 6.07) is 2.81. The first-order valence-electron chi connectivity index (χ1n) is 5.47. The zero-order valence-corrected chi connectivity index (χ0v) is 9.80. The molecule has 0 saturated heterocycles.